The van der Waals surface area contributed by atoms with Crippen molar-refractivity contribution in [1.82, 2.24) is 10.2 Å². The lowest BCUT2D eigenvalue weighted by Crippen LogP contribution is -2.48. The number of rotatable bonds is 5. The highest BCUT2D eigenvalue weighted by atomic mass is 35.5. The van der Waals surface area contributed by atoms with Gasteiger partial charge in [-0.25, -0.2) is 0 Å². The Morgan fingerprint density at radius 2 is 2.00 bits per heavy atom. The Kier molecular flexibility index (Phi) is 6.80. The lowest BCUT2D eigenvalue weighted by molar-refractivity contribution is -0.124. The molecule has 3 amide bonds. The molecule has 26 heavy (non-hydrogen) atoms. The second-order valence-corrected chi connectivity index (χ2v) is 6.85. The number of imide groups is 1. The molecule has 1 unspecified atom stereocenters. The normalized spacial score (nSPS) is 16.9. The Balaban J connectivity index is 0.000000417. The van der Waals surface area contributed by atoms with Crippen LogP contribution in [0.3, 0.4) is 0 Å². The van der Waals surface area contributed by atoms with E-state index in [1.54, 1.807) is 6.08 Å². The Bertz CT molecular complexity index is 715. The van der Waals surface area contributed by atoms with Gasteiger partial charge in [0.05, 0.1) is 11.1 Å². The predicted octanol–water partition coefficient (Wildman–Crippen LogP) is 2.85. The number of carbonyl (C=O) groups is 3. The summed E-state index contributed by atoms with van der Waals surface area (Å²) in [6, 6.07) is 3.08. The van der Waals surface area contributed by atoms with Crippen LogP contribution in [-0.4, -0.2) is 46.2 Å². The smallest absolute Gasteiger partial charge is 0.262 e. The van der Waals surface area contributed by atoms with Crippen LogP contribution in [0.25, 0.3) is 0 Å². The fourth-order valence-corrected chi connectivity index (χ4v) is 3.02. The molecule has 2 aliphatic rings. The van der Waals surface area contributed by atoms with Gasteiger partial charge in [0.2, 0.25) is 5.91 Å². The van der Waals surface area contributed by atoms with Crippen LogP contribution < -0.4 is 5.32 Å². The molecule has 0 saturated heterocycles. The summed E-state index contributed by atoms with van der Waals surface area (Å²) in [6.45, 7) is 3.58. The van der Waals surface area contributed by atoms with Crippen molar-refractivity contribution in [3.63, 3.8) is 0 Å². The van der Waals surface area contributed by atoms with Crippen molar-refractivity contribution in [3.8, 4) is 5.75 Å². The molecule has 6 nitrogen and oxygen atoms in total. The van der Waals surface area contributed by atoms with Crippen molar-refractivity contribution in [1.29, 1.82) is 0 Å². The van der Waals surface area contributed by atoms with E-state index in [0.717, 1.165) is 4.90 Å². The van der Waals surface area contributed by atoms with E-state index in [9.17, 15) is 19.5 Å². The summed E-state index contributed by atoms with van der Waals surface area (Å²) in [4.78, 5) is 37.7. The van der Waals surface area contributed by atoms with Gasteiger partial charge in [0.15, 0.2) is 0 Å². The second-order valence-electron chi connectivity index (χ2n) is 6.23. The Morgan fingerprint density at radius 3 is 2.50 bits per heavy atom. The van der Waals surface area contributed by atoms with Crippen molar-refractivity contribution in [2.75, 3.05) is 7.05 Å². The van der Waals surface area contributed by atoms with E-state index in [-0.39, 0.29) is 16.9 Å². The number of halogens is 1. The fourth-order valence-electron chi connectivity index (χ4n) is 2.71. The Labute approximate surface area is 157 Å². The molecule has 1 fully saturated rings. The molecule has 1 aromatic rings. The number of likely N-dealkylation sites (N-methyl/N-ethyl adjacent to an activating group) is 1. The van der Waals surface area contributed by atoms with Crippen molar-refractivity contribution in [2.24, 2.45) is 0 Å². The number of phenolic OH excluding ortho intramolecular Hbond substituents is 1. The molecule has 1 aliphatic heterocycles. The molecular formula is C19H23ClN2O4. The summed E-state index contributed by atoms with van der Waals surface area (Å²) in [7, 11) is 1.45. The number of fused-ring (bicyclic) bond motifs is 1. The maximum absolute atomic E-state index is 12.4. The van der Waals surface area contributed by atoms with Gasteiger partial charge in [0.1, 0.15) is 11.8 Å². The Morgan fingerprint density at radius 1 is 1.38 bits per heavy atom. The van der Waals surface area contributed by atoms with E-state index in [1.165, 1.54) is 44.5 Å². The monoisotopic (exact) mass is 378 g/mol. The summed E-state index contributed by atoms with van der Waals surface area (Å²) < 4.78 is 0. The van der Waals surface area contributed by atoms with Crippen LogP contribution in [0.1, 0.15) is 52.8 Å². The first kappa shape index (κ1) is 20.0. The van der Waals surface area contributed by atoms with Gasteiger partial charge in [-0.2, -0.15) is 0 Å². The first-order chi connectivity index (χ1) is 12.4. The molecule has 1 aliphatic carbocycles. The number of allylic oxidation sites excluding steroid dienone is 1. The fraction of sp³-hybridized carbons (Fsp3) is 0.421. The molecule has 7 heteroatoms. The van der Waals surface area contributed by atoms with Crippen molar-refractivity contribution in [2.45, 2.75) is 43.5 Å². The minimum absolute atomic E-state index is 0.0978. The number of hydrogen-bond donors (Lipinski definition) is 2. The number of aromatic hydroxyl groups is 1. The van der Waals surface area contributed by atoms with Crippen LogP contribution in [-0.2, 0) is 4.79 Å². The van der Waals surface area contributed by atoms with Crippen LogP contribution in [0.5, 0.6) is 5.75 Å². The zero-order valence-corrected chi connectivity index (χ0v) is 15.5. The average molecular weight is 379 g/mol. The third-order valence-corrected chi connectivity index (χ3v) is 4.88. The molecule has 2 N–H and O–H groups in total. The molecule has 1 heterocycles. The van der Waals surface area contributed by atoms with Gasteiger partial charge < -0.3 is 10.4 Å². The molecule has 0 spiro atoms. The lowest BCUT2D eigenvalue weighted by atomic mass is 10.0. The van der Waals surface area contributed by atoms with Crippen LogP contribution in [0, 0.1) is 0 Å². The zero-order chi connectivity index (χ0) is 19.3. The average Bonchev–Trinajstić information content (AvgIpc) is 2.85. The van der Waals surface area contributed by atoms with E-state index >= 15 is 0 Å². The maximum atomic E-state index is 12.4. The molecule has 1 atom stereocenters. The van der Waals surface area contributed by atoms with Crippen molar-refractivity contribution >= 4 is 29.3 Å². The zero-order valence-electron chi connectivity index (χ0n) is 14.7. The van der Waals surface area contributed by atoms with Gasteiger partial charge in [-0.1, -0.05) is 12.5 Å². The summed E-state index contributed by atoms with van der Waals surface area (Å²) in [5.74, 6) is -1.59. The molecule has 140 valence electrons. The number of alkyl halides is 1. The number of phenols is 1. The lowest BCUT2D eigenvalue weighted by Gasteiger charge is -2.24. The topological polar surface area (TPSA) is 86.7 Å². The van der Waals surface area contributed by atoms with E-state index < -0.39 is 23.8 Å². The number of hydrogen-bond acceptors (Lipinski definition) is 4. The van der Waals surface area contributed by atoms with Gasteiger partial charge in [-0.3, -0.25) is 19.3 Å². The van der Waals surface area contributed by atoms with Crippen LogP contribution in [0.2, 0.25) is 0 Å². The van der Waals surface area contributed by atoms with Crippen LogP contribution in [0.4, 0.5) is 0 Å². The van der Waals surface area contributed by atoms with Crippen LogP contribution in [0.15, 0.2) is 30.9 Å². The summed E-state index contributed by atoms with van der Waals surface area (Å²) in [6.07, 6.45) is 6.29. The van der Waals surface area contributed by atoms with E-state index in [2.05, 4.69) is 11.9 Å². The Hall–Kier alpha value is -2.34. The van der Waals surface area contributed by atoms with Crippen molar-refractivity contribution in [3.05, 3.63) is 42.0 Å². The largest absolute Gasteiger partial charge is 0.508 e. The highest BCUT2D eigenvalue weighted by Crippen LogP contribution is 2.29. The molecule has 0 radical (unpaired) electrons. The third-order valence-electron chi connectivity index (χ3n) is 4.44. The molecule has 1 saturated carbocycles. The molecule has 0 aromatic heterocycles. The molecule has 0 bridgehead atoms. The number of nitrogens with zero attached hydrogens (tertiary/aromatic N) is 1. The highest BCUT2D eigenvalue weighted by molar-refractivity contribution is 6.23. The number of nitrogens with one attached hydrogen (secondary N) is 1. The quantitative estimate of drug-likeness (QED) is 0.468. The number of benzene rings is 1. The van der Waals surface area contributed by atoms with E-state index in [0.29, 0.717) is 18.2 Å². The minimum Gasteiger partial charge on any atom is -0.508 e. The maximum Gasteiger partial charge on any atom is 0.262 e. The summed E-state index contributed by atoms with van der Waals surface area (Å²) in [5, 5.41) is 12.4. The third kappa shape index (κ3) is 4.25. The van der Waals surface area contributed by atoms with Gasteiger partial charge in [-0.15, -0.1) is 18.2 Å². The highest BCUT2D eigenvalue weighted by Gasteiger charge is 2.42. The van der Waals surface area contributed by atoms with Gasteiger partial charge in [0.25, 0.3) is 11.8 Å². The number of carbonyl (C=O) groups excluding carboxylic acids is 3. The molecule has 3 rings (SSSR count). The van der Waals surface area contributed by atoms with Gasteiger partial charge in [0, 0.05) is 12.4 Å². The van der Waals surface area contributed by atoms with Gasteiger partial charge in [-0.05, 0) is 43.9 Å². The SMILES string of the molecule is C=CCCC(C(=O)NC)N1C(=O)c2ccc(O)cc2C1=O.ClC1CCC1. The summed E-state index contributed by atoms with van der Waals surface area (Å²) >= 11 is 5.55. The summed E-state index contributed by atoms with van der Waals surface area (Å²) in [5.41, 5.74) is 0.317. The van der Waals surface area contributed by atoms with Crippen LogP contribution >= 0.6 is 11.6 Å². The standard InChI is InChI=1S/C15H16N2O4.C4H7Cl/c1-3-4-5-12(13(19)16-2)17-14(20)10-7-6-9(18)8-11(10)15(17)21;5-4-2-1-3-4/h3,6-8,12,18H,1,4-5H2,2H3,(H,16,19);4H,1-3H2. The molecular weight excluding hydrogens is 356 g/mol. The number of amides is 3. The predicted molar refractivity (Wildman–Crippen MR) is 99.4 cm³/mol. The molecule has 1 aromatic carbocycles. The first-order valence-corrected chi connectivity index (χ1v) is 9.01. The van der Waals surface area contributed by atoms with Gasteiger partial charge >= 0.3 is 0 Å². The van der Waals surface area contributed by atoms with Crippen molar-refractivity contribution < 1.29 is 19.5 Å². The second kappa shape index (κ2) is 8.85. The minimum atomic E-state index is -0.887. The van der Waals surface area contributed by atoms with E-state index in [4.69, 9.17) is 11.6 Å². The first-order valence-electron chi connectivity index (χ1n) is 8.58. The van der Waals surface area contributed by atoms with E-state index in [1.807, 2.05) is 0 Å².